The van der Waals surface area contributed by atoms with Crippen LogP contribution in [0.15, 0.2) is 24.0 Å². The molecule has 3 heterocycles. The number of nitrogens with one attached hydrogen (secondary N) is 1. The van der Waals surface area contributed by atoms with Crippen molar-refractivity contribution in [3.05, 3.63) is 34.1 Å². The van der Waals surface area contributed by atoms with Gasteiger partial charge >= 0.3 is 5.82 Å². The van der Waals surface area contributed by atoms with Crippen LogP contribution >= 0.6 is 11.3 Å². The molecule has 0 unspecified atom stereocenters. The van der Waals surface area contributed by atoms with E-state index < -0.39 is 4.92 Å². The highest BCUT2D eigenvalue weighted by Gasteiger charge is 2.23. The first-order valence-electron chi connectivity index (χ1n) is 5.58. The lowest BCUT2D eigenvalue weighted by molar-refractivity contribution is -0.389. The largest absolute Gasteiger partial charge is 0.373 e. The number of rotatable bonds is 4. The third-order valence-electron chi connectivity index (χ3n) is 2.63. The van der Waals surface area contributed by atoms with Gasteiger partial charge in [-0.25, -0.2) is 0 Å². The summed E-state index contributed by atoms with van der Waals surface area (Å²) in [5.41, 5.74) is 0.677. The Morgan fingerprint density at radius 1 is 1.58 bits per heavy atom. The quantitative estimate of drug-likeness (QED) is 0.584. The molecule has 0 radical (unpaired) electrons. The van der Waals surface area contributed by atoms with Crippen LogP contribution in [0.2, 0.25) is 0 Å². The van der Waals surface area contributed by atoms with Crippen molar-refractivity contribution in [1.82, 2.24) is 19.2 Å². The molecule has 0 bridgehead atoms. The molecule has 0 amide bonds. The number of nitro groups is 1. The lowest BCUT2D eigenvalue weighted by Gasteiger charge is -1.99. The van der Waals surface area contributed by atoms with Crippen molar-refractivity contribution in [2.24, 2.45) is 0 Å². The van der Waals surface area contributed by atoms with Gasteiger partial charge in [-0.2, -0.15) is 14.5 Å². The smallest absolute Gasteiger partial charge is 0.358 e. The number of thiazole rings is 1. The van der Waals surface area contributed by atoms with Crippen molar-refractivity contribution in [1.29, 1.82) is 0 Å². The molecule has 0 saturated heterocycles. The van der Waals surface area contributed by atoms with Crippen LogP contribution in [-0.4, -0.2) is 24.1 Å². The topological polar surface area (TPSA) is 90.3 Å². The van der Waals surface area contributed by atoms with Gasteiger partial charge in [-0.3, -0.25) is 4.68 Å². The summed E-state index contributed by atoms with van der Waals surface area (Å²) in [5.74, 6) is 0.160. The Morgan fingerprint density at radius 3 is 3.11 bits per heavy atom. The van der Waals surface area contributed by atoms with Crippen LogP contribution in [0.1, 0.15) is 6.92 Å². The molecule has 98 valence electrons. The van der Waals surface area contributed by atoms with Gasteiger partial charge in [0.05, 0.1) is 11.9 Å². The van der Waals surface area contributed by atoms with Crippen molar-refractivity contribution in [3.8, 4) is 0 Å². The highest BCUT2D eigenvalue weighted by Crippen LogP contribution is 2.30. The number of anilines is 2. The Labute approximate surface area is 111 Å². The van der Waals surface area contributed by atoms with Crippen LogP contribution in [0.25, 0.3) is 4.96 Å². The average Bonchev–Trinajstić information content (AvgIpc) is 3.03. The fraction of sp³-hybridized carbons (Fsp3) is 0.200. The first-order chi connectivity index (χ1) is 9.19. The van der Waals surface area contributed by atoms with E-state index in [1.54, 1.807) is 28.7 Å². The van der Waals surface area contributed by atoms with Crippen LogP contribution < -0.4 is 5.32 Å². The first kappa shape index (κ1) is 11.7. The zero-order valence-corrected chi connectivity index (χ0v) is 10.8. The molecule has 1 N–H and O–H groups in total. The zero-order valence-electron chi connectivity index (χ0n) is 9.98. The molecule has 3 aromatic heterocycles. The van der Waals surface area contributed by atoms with Crippen molar-refractivity contribution >= 4 is 33.6 Å². The Bertz CT molecular complexity index is 742. The van der Waals surface area contributed by atoms with E-state index in [1.807, 2.05) is 6.92 Å². The number of aromatic nitrogens is 4. The number of hydrogen-bond donors (Lipinski definition) is 1. The molecule has 0 aromatic carbocycles. The lowest BCUT2D eigenvalue weighted by Crippen LogP contribution is -1.97. The van der Waals surface area contributed by atoms with Crippen LogP contribution in [0.5, 0.6) is 0 Å². The number of imidazole rings is 1. The van der Waals surface area contributed by atoms with Gasteiger partial charge in [0.25, 0.3) is 4.96 Å². The molecule has 0 atom stereocenters. The summed E-state index contributed by atoms with van der Waals surface area (Å²) in [6.07, 6.45) is 5.02. The minimum Gasteiger partial charge on any atom is -0.358 e. The van der Waals surface area contributed by atoms with Gasteiger partial charge in [-0.05, 0) is 11.8 Å². The van der Waals surface area contributed by atoms with E-state index in [4.69, 9.17) is 0 Å². The van der Waals surface area contributed by atoms with Crippen molar-refractivity contribution in [3.63, 3.8) is 0 Å². The minimum atomic E-state index is -0.445. The monoisotopic (exact) mass is 278 g/mol. The fourth-order valence-electron chi connectivity index (χ4n) is 1.77. The van der Waals surface area contributed by atoms with Crippen molar-refractivity contribution < 1.29 is 4.92 Å². The summed E-state index contributed by atoms with van der Waals surface area (Å²) in [5, 5.41) is 19.9. The van der Waals surface area contributed by atoms with Gasteiger partial charge in [0.15, 0.2) is 0 Å². The summed E-state index contributed by atoms with van der Waals surface area (Å²) >= 11 is 1.35. The van der Waals surface area contributed by atoms with Crippen LogP contribution in [-0.2, 0) is 6.54 Å². The third-order valence-corrected chi connectivity index (χ3v) is 3.39. The maximum absolute atomic E-state index is 11.1. The summed E-state index contributed by atoms with van der Waals surface area (Å²) in [6.45, 7) is 2.70. The van der Waals surface area contributed by atoms with E-state index in [2.05, 4.69) is 15.4 Å². The molecule has 0 saturated carbocycles. The number of nitrogens with zero attached hydrogens (tertiary/aromatic N) is 5. The third kappa shape index (κ3) is 1.93. The van der Waals surface area contributed by atoms with E-state index in [9.17, 15) is 10.1 Å². The number of hydrogen-bond acceptors (Lipinski definition) is 6. The zero-order chi connectivity index (χ0) is 13.4. The second kappa shape index (κ2) is 4.35. The van der Waals surface area contributed by atoms with E-state index in [-0.39, 0.29) is 11.6 Å². The molecule has 3 aromatic rings. The highest BCUT2D eigenvalue weighted by atomic mass is 32.1. The standard InChI is InChI=1S/C10H10N6O2S/c1-2-14-6-7(5-11-14)12-8-9(16(17)18)15-3-4-19-10(15)13-8/h3-6,12H,2H2,1H3. The fourth-order valence-corrected chi connectivity index (χ4v) is 2.48. The Balaban J connectivity index is 2.02. The SMILES string of the molecule is CCn1cc(Nc2nc3sccn3c2[N+](=O)[O-])cn1. The van der Waals surface area contributed by atoms with Gasteiger partial charge in [-0.15, -0.1) is 0 Å². The lowest BCUT2D eigenvalue weighted by atomic mass is 10.5. The van der Waals surface area contributed by atoms with E-state index in [0.29, 0.717) is 10.6 Å². The summed E-state index contributed by atoms with van der Waals surface area (Å²) in [6, 6.07) is 0. The van der Waals surface area contributed by atoms with Gasteiger partial charge in [-0.1, -0.05) is 11.3 Å². The summed E-state index contributed by atoms with van der Waals surface area (Å²) < 4.78 is 3.18. The second-order valence-corrected chi connectivity index (χ2v) is 4.68. The predicted octanol–water partition coefficient (Wildman–Crippen LogP) is 2.26. The van der Waals surface area contributed by atoms with Crippen molar-refractivity contribution in [2.75, 3.05) is 5.32 Å². The van der Waals surface area contributed by atoms with E-state index in [1.165, 1.54) is 15.7 Å². The molecule has 19 heavy (non-hydrogen) atoms. The maximum atomic E-state index is 11.1. The normalized spacial score (nSPS) is 11.0. The van der Waals surface area contributed by atoms with Gasteiger partial charge in [0.2, 0.25) is 5.82 Å². The molecule has 0 spiro atoms. The predicted molar refractivity (Wildman–Crippen MR) is 70.9 cm³/mol. The maximum Gasteiger partial charge on any atom is 0.373 e. The van der Waals surface area contributed by atoms with E-state index >= 15 is 0 Å². The Morgan fingerprint density at radius 2 is 2.42 bits per heavy atom. The van der Waals surface area contributed by atoms with Gasteiger partial charge in [0, 0.05) is 18.1 Å². The molecule has 8 nitrogen and oxygen atoms in total. The molecular formula is C10H10N6O2S. The van der Waals surface area contributed by atoms with Crippen LogP contribution in [0, 0.1) is 10.1 Å². The van der Waals surface area contributed by atoms with Crippen molar-refractivity contribution in [2.45, 2.75) is 13.5 Å². The number of fused-ring (bicyclic) bond motifs is 1. The Kier molecular flexibility index (Phi) is 2.67. The van der Waals surface area contributed by atoms with Crippen LogP contribution in [0.4, 0.5) is 17.3 Å². The highest BCUT2D eigenvalue weighted by molar-refractivity contribution is 7.15. The summed E-state index contributed by atoms with van der Waals surface area (Å²) in [4.78, 5) is 15.5. The first-order valence-corrected chi connectivity index (χ1v) is 6.46. The minimum absolute atomic E-state index is 0.0690. The van der Waals surface area contributed by atoms with E-state index in [0.717, 1.165) is 6.54 Å². The Hall–Kier alpha value is -2.42. The molecule has 0 fully saturated rings. The van der Waals surface area contributed by atoms with Gasteiger partial charge in [0.1, 0.15) is 6.20 Å². The molecule has 9 heteroatoms. The number of aryl methyl sites for hydroxylation is 1. The molecule has 3 rings (SSSR count). The van der Waals surface area contributed by atoms with Crippen LogP contribution in [0.3, 0.4) is 0 Å². The second-order valence-electron chi connectivity index (χ2n) is 3.81. The molecule has 0 aliphatic rings. The molecular weight excluding hydrogens is 268 g/mol. The molecule has 0 aliphatic carbocycles. The van der Waals surface area contributed by atoms with Gasteiger partial charge < -0.3 is 15.4 Å². The average molecular weight is 278 g/mol. The molecule has 0 aliphatic heterocycles. The summed E-state index contributed by atoms with van der Waals surface area (Å²) in [7, 11) is 0.